The predicted octanol–water partition coefficient (Wildman–Crippen LogP) is 7.99. The monoisotopic (exact) mass is 935 g/mol. The van der Waals surface area contributed by atoms with Gasteiger partial charge in [-0.2, -0.15) is 12.6 Å². The average molecular weight is 936 g/mol. The lowest BCUT2D eigenvalue weighted by molar-refractivity contribution is -0.141. The van der Waals surface area contributed by atoms with E-state index in [2.05, 4.69) is 42.9 Å². The van der Waals surface area contributed by atoms with Gasteiger partial charge in [0.2, 0.25) is 11.8 Å². The Morgan fingerprint density at radius 3 is 2.34 bits per heavy atom. The molecular formula is C48H63F2N5O8SSi. The second-order valence-electron chi connectivity index (χ2n) is 18.3. The van der Waals surface area contributed by atoms with Gasteiger partial charge >= 0.3 is 12.1 Å². The van der Waals surface area contributed by atoms with Crippen LogP contribution in [0.1, 0.15) is 81.5 Å². The fourth-order valence-electron chi connectivity index (χ4n) is 8.52. The number of thiol groups is 1. The zero-order chi connectivity index (χ0) is 47.1. The number of aliphatic carboxylic acids is 1. The van der Waals surface area contributed by atoms with Crippen molar-refractivity contribution in [3.05, 3.63) is 95.8 Å². The topological polar surface area (TPSA) is 167 Å². The summed E-state index contributed by atoms with van der Waals surface area (Å²) in [5, 5.41) is 14.7. The average Bonchev–Trinajstić information content (AvgIpc) is 3.82. The molecule has 0 bridgehead atoms. The fraction of sp³-hybridized carbons (Fsp3) is 0.500. The van der Waals surface area contributed by atoms with Crippen molar-refractivity contribution in [2.24, 2.45) is 11.8 Å². The summed E-state index contributed by atoms with van der Waals surface area (Å²) >= 11 is 4.02. The highest BCUT2D eigenvalue weighted by Crippen LogP contribution is 2.42. The Morgan fingerprint density at radius 1 is 0.969 bits per heavy atom. The normalized spacial score (nSPS) is 15.7. The number of carboxylic acids is 1. The van der Waals surface area contributed by atoms with E-state index in [4.69, 9.17) is 4.74 Å². The van der Waals surface area contributed by atoms with Crippen molar-refractivity contribution in [1.82, 2.24) is 25.0 Å². The smallest absolute Gasteiger partial charge is 0.407 e. The lowest BCUT2D eigenvalue weighted by Gasteiger charge is -2.40. The van der Waals surface area contributed by atoms with Crippen LogP contribution in [0.4, 0.5) is 13.6 Å². The number of nitrogens with zero attached hydrogens (tertiary/aromatic N) is 3. The number of carbonyl (C=O) groups excluding carboxylic acids is 5. The summed E-state index contributed by atoms with van der Waals surface area (Å²) in [5.74, 6) is -4.98. The fourth-order valence-corrected chi connectivity index (χ4v) is 9.48. The van der Waals surface area contributed by atoms with Crippen molar-refractivity contribution in [2.75, 3.05) is 32.0 Å². The summed E-state index contributed by atoms with van der Waals surface area (Å²) in [6, 6.07) is 13.9. The lowest BCUT2D eigenvalue weighted by atomic mass is 9.81. The zero-order valence-electron chi connectivity index (χ0n) is 37.6. The van der Waals surface area contributed by atoms with Crippen molar-refractivity contribution < 1.29 is 47.4 Å². The quantitative estimate of drug-likeness (QED) is 0.0304. The van der Waals surface area contributed by atoms with E-state index in [0.717, 1.165) is 72.5 Å². The molecule has 5 rings (SSSR count). The van der Waals surface area contributed by atoms with Gasteiger partial charge in [-0.3, -0.25) is 24.1 Å². The zero-order valence-corrected chi connectivity index (χ0v) is 39.5. The molecule has 13 nitrogen and oxygen atoms in total. The number of imide groups is 1. The number of amides is 5. The molecule has 17 heteroatoms. The van der Waals surface area contributed by atoms with Crippen LogP contribution in [0.5, 0.6) is 0 Å². The van der Waals surface area contributed by atoms with Crippen LogP contribution in [-0.4, -0.2) is 101 Å². The van der Waals surface area contributed by atoms with Gasteiger partial charge in [-0.15, -0.1) is 0 Å². The summed E-state index contributed by atoms with van der Waals surface area (Å²) in [5.41, 5.74) is 2.21. The number of ether oxygens (including phenoxy) is 1. The molecular weight excluding hydrogens is 873 g/mol. The number of nitrogens with one attached hydrogen (secondary N) is 2. The largest absolute Gasteiger partial charge is 0.480 e. The summed E-state index contributed by atoms with van der Waals surface area (Å²) in [6.45, 7) is 7.54. The van der Waals surface area contributed by atoms with Crippen molar-refractivity contribution in [2.45, 2.75) is 109 Å². The SMILES string of the molecule is C[Si](C)(C)CCOC(=O)NCCCN(C(=O)CC(CCCC(=O)N[C@@H](CS)C(=O)O)CN1C(=O)C=CC1=O)[C@@H](c1cc(-c2cc(F)ccc2F)cn1Cc1ccccc1)C1CCCCC1. The number of carboxylic acid groups (broad SMARTS) is 1. The number of alkyl carbamates (subject to hydrolysis) is 1. The van der Waals surface area contributed by atoms with E-state index < -0.39 is 67.5 Å². The molecule has 3 atom stereocenters. The van der Waals surface area contributed by atoms with E-state index in [0.29, 0.717) is 25.1 Å². The number of carbonyl (C=O) groups is 6. The maximum Gasteiger partial charge on any atom is 0.407 e. The molecule has 1 saturated carbocycles. The molecule has 65 heavy (non-hydrogen) atoms. The number of rotatable bonds is 24. The number of aromatic nitrogens is 1. The summed E-state index contributed by atoms with van der Waals surface area (Å²) < 4.78 is 37.7. The Bertz CT molecular complexity index is 2140. The number of hydrogen-bond donors (Lipinski definition) is 4. The van der Waals surface area contributed by atoms with E-state index in [9.17, 15) is 33.5 Å². The molecule has 1 fully saturated rings. The van der Waals surface area contributed by atoms with E-state index in [1.807, 2.05) is 45.9 Å². The van der Waals surface area contributed by atoms with Gasteiger partial charge < -0.3 is 29.9 Å². The maximum atomic E-state index is 15.5. The molecule has 0 radical (unpaired) electrons. The minimum absolute atomic E-state index is 0.0380. The highest BCUT2D eigenvalue weighted by molar-refractivity contribution is 7.80. The third-order valence-electron chi connectivity index (χ3n) is 12.0. The Kier molecular flexibility index (Phi) is 18.9. The van der Waals surface area contributed by atoms with Crippen LogP contribution in [0.15, 0.2) is 72.9 Å². The first-order valence-corrected chi connectivity index (χ1v) is 26.9. The van der Waals surface area contributed by atoms with Crippen LogP contribution >= 0.6 is 12.6 Å². The summed E-state index contributed by atoms with van der Waals surface area (Å²) in [4.78, 5) is 80.9. The van der Waals surface area contributed by atoms with Crippen molar-refractivity contribution >= 4 is 56.4 Å². The van der Waals surface area contributed by atoms with E-state index in [1.165, 1.54) is 12.2 Å². The van der Waals surface area contributed by atoms with Crippen LogP contribution < -0.4 is 10.6 Å². The van der Waals surface area contributed by atoms with Gasteiger partial charge in [0.05, 0.1) is 12.6 Å². The van der Waals surface area contributed by atoms with E-state index in [-0.39, 0.29) is 68.5 Å². The molecule has 0 saturated heterocycles. The van der Waals surface area contributed by atoms with Crippen LogP contribution in [0.2, 0.25) is 25.7 Å². The molecule has 3 N–H and O–H groups in total. The molecule has 0 spiro atoms. The Morgan fingerprint density at radius 2 is 1.68 bits per heavy atom. The number of halogens is 2. The van der Waals surface area contributed by atoms with Gasteiger partial charge in [0.25, 0.3) is 11.8 Å². The first-order valence-electron chi connectivity index (χ1n) is 22.6. The Balaban J connectivity index is 1.52. The van der Waals surface area contributed by atoms with Crippen LogP contribution in [0.3, 0.4) is 0 Å². The minimum Gasteiger partial charge on any atom is -0.480 e. The van der Waals surface area contributed by atoms with Gasteiger partial charge in [-0.25, -0.2) is 18.4 Å². The third kappa shape index (κ3) is 15.4. The second-order valence-corrected chi connectivity index (χ2v) is 24.3. The predicted molar refractivity (Wildman–Crippen MR) is 250 cm³/mol. The maximum absolute atomic E-state index is 15.5. The van der Waals surface area contributed by atoms with Crippen LogP contribution in [-0.2, 0) is 35.3 Å². The van der Waals surface area contributed by atoms with E-state index in [1.54, 1.807) is 6.20 Å². The van der Waals surface area contributed by atoms with Crippen molar-refractivity contribution in [3.8, 4) is 11.1 Å². The first kappa shape index (κ1) is 50.7. The minimum atomic E-state index is -1.45. The molecule has 1 aromatic heterocycles. The number of benzene rings is 2. The number of hydrogen-bond acceptors (Lipinski definition) is 8. The van der Waals surface area contributed by atoms with Gasteiger partial charge in [0.15, 0.2) is 0 Å². The molecule has 1 aliphatic carbocycles. The summed E-state index contributed by atoms with van der Waals surface area (Å²) in [7, 11) is -1.45. The molecule has 1 unspecified atom stereocenters. The second kappa shape index (κ2) is 24.3. The van der Waals surface area contributed by atoms with Crippen molar-refractivity contribution in [1.29, 1.82) is 0 Å². The standard InChI is InChI=1S/C48H63F2N5O8SSi/c1-65(2,3)25-24-63-48(62)51-22-11-23-54(45(59)26-34(30-55-43(57)20-21-44(55)58)14-10-17-42(56)52-40(32-64)47(60)61)46(35-15-8-5-9-16-35)41-27-36(38-28-37(49)18-19-39(38)50)31-53(41)29-33-12-6-4-7-13-33/h4,6-7,12-13,18-21,27-28,31,34-35,40,46,64H,5,8-11,14-17,22-26,29-30,32H2,1-3H3,(H,51,62)(H,52,56)(H,60,61)/t34?,40-,46+/m0/s1. The Hall–Kier alpha value is -5.29. The molecule has 2 heterocycles. The van der Waals surface area contributed by atoms with Crippen molar-refractivity contribution in [3.63, 3.8) is 0 Å². The lowest BCUT2D eigenvalue weighted by Crippen LogP contribution is -2.44. The molecule has 3 aromatic rings. The van der Waals surface area contributed by atoms with Crippen LogP contribution in [0.25, 0.3) is 11.1 Å². The first-order chi connectivity index (χ1) is 31.0. The molecule has 1 aliphatic heterocycles. The van der Waals surface area contributed by atoms with E-state index >= 15 is 9.18 Å². The van der Waals surface area contributed by atoms with Gasteiger partial charge in [-0.1, -0.05) is 69.2 Å². The summed E-state index contributed by atoms with van der Waals surface area (Å²) in [6.07, 6.45) is 8.68. The molecule has 5 amide bonds. The van der Waals surface area contributed by atoms with Crippen LogP contribution in [0, 0.1) is 23.5 Å². The molecule has 2 aromatic carbocycles. The van der Waals surface area contributed by atoms with Gasteiger partial charge in [0, 0.05) is 88.0 Å². The third-order valence-corrected chi connectivity index (χ3v) is 14.1. The molecule has 352 valence electrons. The van der Waals surface area contributed by atoms with Gasteiger partial charge in [0.1, 0.15) is 17.7 Å². The Labute approximate surface area is 386 Å². The van der Waals surface area contributed by atoms with Gasteiger partial charge in [-0.05, 0) is 79.8 Å². The highest BCUT2D eigenvalue weighted by atomic mass is 32.1. The molecule has 2 aliphatic rings. The highest BCUT2D eigenvalue weighted by Gasteiger charge is 2.37.